The number of esters is 1. The highest BCUT2D eigenvalue weighted by atomic mass is 35.5. The van der Waals surface area contributed by atoms with Crippen LogP contribution in [0.3, 0.4) is 0 Å². The Balaban J connectivity index is 1.53. The van der Waals surface area contributed by atoms with Gasteiger partial charge in [-0.15, -0.1) is 11.8 Å². The average molecular weight is 405 g/mol. The Morgan fingerprint density at radius 1 is 1.22 bits per heavy atom. The third-order valence-corrected chi connectivity index (χ3v) is 5.50. The number of rotatable bonds is 5. The van der Waals surface area contributed by atoms with Gasteiger partial charge in [0.05, 0.1) is 17.4 Å². The van der Waals surface area contributed by atoms with Crippen LogP contribution in [-0.4, -0.2) is 36.7 Å². The van der Waals surface area contributed by atoms with E-state index in [0.29, 0.717) is 16.4 Å². The Kier molecular flexibility index (Phi) is 6.03. The summed E-state index contributed by atoms with van der Waals surface area (Å²) in [5, 5.41) is 2.64. The summed E-state index contributed by atoms with van der Waals surface area (Å²) in [4.78, 5) is 38.7. The van der Waals surface area contributed by atoms with Crippen LogP contribution in [0.4, 0.5) is 11.4 Å². The third kappa shape index (κ3) is 4.81. The summed E-state index contributed by atoms with van der Waals surface area (Å²) >= 11 is 7.19. The number of amides is 2. The number of ether oxygens (including phenoxy) is 1. The van der Waals surface area contributed by atoms with Crippen molar-refractivity contribution >= 4 is 52.5 Å². The highest BCUT2D eigenvalue weighted by Gasteiger charge is 2.30. The van der Waals surface area contributed by atoms with Crippen molar-refractivity contribution < 1.29 is 19.1 Å². The molecule has 8 heteroatoms. The van der Waals surface area contributed by atoms with Crippen LogP contribution in [0, 0.1) is 0 Å². The lowest BCUT2D eigenvalue weighted by molar-refractivity contribution is -0.148. The molecule has 0 fully saturated rings. The summed E-state index contributed by atoms with van der Waals surface area (Å²) in [6, 6.07) is 14.2. The summed E-state index contributed by atoms with van der Waals surface area (Å²) in [6.07, 6.45) is -0.124. The highest BCUT2D eigenvalue weighted by Crippen LogP contribution is 2.38. The lowest BCUT2D eigenvalue weighted by Gasteiger charge is -2.23. The van der Waals surface area contributed by atoms with E-state index in [1.165, 1.54) is 16.7 Å². The minimum Gasteiger partial charge on any atom is -0.456 e. The number of halogens is 1. The molecule has 2 aromatic rings. The first kappa shape index (κ1) is 19.3. The van der Waals surface area contributed by atoms with E-state index in [1.54, 1.807) is 37.4 Å². The van der Waals surface area contributed by atoms with E-state index >= 15 is 0 Å². The van der Waals surface area contributed by atoms with Crippen LogP contribution in [0.2, 0.25) is 5.02 Å². The van der Waals surface area contributed by atoms with Gasteiger partial charge in [0.1, 0.15) is 0 Å². The molecule has 1 aliphatic heterocycles. The Morgan fingerprint density at radius 2 is 1.96 bits per heavy atom. The maximum atomic E-state index is 12.2. The zero-order valence-corrected chi connectivity index (χ0v) is 16.0. The SMILES string of the molecule is CN(C(=O)COC(=O)CC1Sc2ccc(Cl)cc2NC1=O)c1ccccc1. The molecule has 0 radical (unpaired) electrons. The second kappa shape index (κ2) is 8.45. The molecule has 3 rings (SSSR count). The molecule has 140 valence electrons. The zero-order valence-electron chi connectivity index (χ0n) is 14.5. The van der Waals surface area contributed by atoms with E-state index in [-0.39, 0.29) is 24.8 Å². The third-order valence-electron chi connectivity index (χ3n) is 3.99. The van der Waals surface area contributed by atoms with Crippen molar-refractivity contribution in [3.05, 3.63) is 53.6 Å². The lowest BCUT2D eigenvalue weighted by atomic mass is 10.2. The monoisotopic (exact) mass is 404 g/mol. The quantitative estimate of drug-likeness (QED) is 0.773. The van der Waals surface area contributed by atoms with Crippen LogP contribution < -0.4 is 10.2 Å². The van der Waals surface area contributed by atoms with Crippen molar-refractivity contribution in [3.63, 3.8) is 0 Å². The van der Waals surface area contributed by atoms with Crippen LogP contribution in [-0.2, 0) is 19.1 Å². The molecule has 1 aliphatic rings. The van der Waals surface area contributed by atoms with Gasteiger partial charge in [0, 0.05) is 22.7 Å². The molecule has 1 heterocycles. The van der Waals surface area contributed by atoms with E-state index in [2.05, 4.69) is 5.32 Å². The summed E-state index contributed by atoms with van der Waals surface area (Å²) in [5.41, 5.74) is 1.33. The number of thioether (sulfide) groups is 1. The number of hydrogen-bond acceptors (Lipinski definition) is 5. The minimum absolute atomic E-state index is 0.124. The standard InChI is InChI=1S/C19H17ClN2O4S/c1-22(13-5-3-2-4-6-13)17(23)11-26-18(24)10-16-19(25)21-14-9-12(20)7-8-15(14)27-16/h2-9,16H,10-11H2,1H3,(H,21,25). The fourth-order valence-corrected chi connectivity index (χ4v) is 3.75. The molecule has 0 aliphatic carbocycles. The summed E-state index contributed by atoms with van der Waals surface area (Å²) in [7, 11) is 1.61. The molecule has 0 aromatic heterocycles. The van der Waals surface area contributed by atoms with Gasteiger partial charge < -0.3 is 15.0 Å². The van der Waals surface area contributed by atoms with Gasteiger partial charge in [-0.2, -0.15) is 0 Å². The van der Waals surface area contributed by atoms with Gasteiger partial charge in [-0.1, -0.05) is 29.8 Å². The number of carbonyl (C=O) groups is 3. The number of hydrogen-bond donors (Lipinski definition) is 1. The first-order chi connectivity index (χ1) is 12.9. The molecule has 1 unspecified atom stereocenters. The van der Waals surface area contributed by atoms with Gasteiger partial charge >= 0.3 is 5.97 Å². The van der Waals surface area contributed by atoms with Gasteiger partial charge in [0.15, 0.2) is 6.61 Å². The summed E-state index contributed by atoms with van der Waals surface area (Å²) in [5.74, 6) is -1.25. The molecule has 0 saturated heterocycles. The average Bonchev–Trinajstić information content (AvgIpc) is 2.67. The molecule has 1 atom stereocenters. The second-order valence-electron chi connectivity index (χ2n) is 5.89. The number of anilines is 2. The van der Waals surface area contributed by atoms with Crippen molar-refractivity contribution in [2.24, 2.45) is 0 Å². The molecule has 0 saturated carbocycles. The fourth-order valence-electron chi connectivity index (χ4n) is 2.50. The Bertz CT molecular complexity index is 875. The van der Waals surface area contributed by atoms with Crippen LogP contribution in [0.1, 0.15) is 6.42 Å². The molecule has 6 nitrogen and oxygen atoms in total. The molecule has 0 bridgehead atoms. The maximum absolute atomic E-state index is 12.2. The molecule has 2 aromatic carbocycles. The molecule has 0 spiro atoms. The van der Waals surface area contributed by atoms with Gasteiger partial charge in [0.25, 0.3) is 5.91 Å². The first-order valence-electron chi connectivity index (χ1n) is 8.18. The van der Waals surface area contributed by atoms with E-state index in [4.69, 9.17) is 16.3 Å². The van der Waals surface area contributed by atoms with Crippen LogP contribution in [0.25, 0.3) is 0 Å². The van der Waals surface area contributed by atoms with E-state index in [1.807, 2.05) is 18.2 Å². The molecular formula is C19H17ClN2O4S. The maximum Gasteiger partial charge on any atom is 0.307 e. The van der Waals surface area contributed by atoms with Gasteiger partial charge in [-0.3, -0.25) is 14.4 Å². The molecule has 2 amide bonds. The Morgan fingerprint density at radius 3 is 2.70 bits per heavy atom. The zero-order chi connectivity index (χ0) is 19.4. The van der Waals surface area contributed by atoms with Crippen molar-refractivity contribution in [2.45, 2.75) is 16.6 Å². The molecule has 1 N–H and O–H groups in total. The fraction of sp³-hybridized carbons (Fsp3) is 0.211. The number of para-hydroxylation sites is 1. The molecular weight excluding hydrogens is 388 g/mol. The minimum atomic E-state index is -0.617. The van der Waals surface area contributed by atoms with E-state index in [9.17, 15) is 14.4 Å². The summed E-state index contributed by atoms with van der Waals surface area (Å²) < 4.78 is 5.06. The normalized spacial score (nSPS) is 15.5. The van der Waals surface area contributed by atoms with Gasteiger partial charge in [-0.05, 0) is 30.3 Å². The largest absolute Gasteiger partial charge is 0.456 e. The first-order valence-corrected chi connectivity index (χ1v) is 9.44. The predicted molar refractivity (Wildman–Crippen MR) is 105 cm³/mol. The number of nitrogens with zero attached hydrogens (tertiary/aromatic N) is 1. The Labute approximate surface area is 165 Å². The van der Waals surface area contributed by atoms with Crippen LogP contribution in [0.5, 0.6) is 0 Å². The number of likely N-dealkylation sites (N-methyl/N-ethyl adjacent to an activating group) is 1. The van der Waals surface area contributed by atoms with Crippen molar-refractivity contribution in [2.75, 3.05) is 23.9 Å². The lowest BCUT2D eigenvalue weighted by Crippen LogP contribution is -2.34. The topological polar surface area (TPSA) is 75.7 Å². The van der Waals surface area contributed by atoms with E-state index in [0.717, 1.165) is 4.90 Å². The van der Waals surface area contributed by atoms with Crippen molar-refractivity contribution in [3.8, 4) is 0 Å². The van der Waals surface area contributed by atoms with Gasteiger partial charge in [0.2, 0.25) is 5.91 Å². The number of nitrogens with one attached hydrogen (secondary N) is 1. The summed E-state index contributed by atoms with van der Waals surface area (Å²) in [6.45, 7) is -0.380. The number of carbonyl (C=O) groups excluding carboxylic acids is 3. The van der Waals surface area contributed by atoms with Crippen LogP contribution >= 0.6 is 23.4 Å². The van der Waals surface area contributed by atoms with Crippen LogP contribution in [0.15, 0.2) is 53.4 Å². The second-order valence-corrected chi connectivity index (χ2v) is 7.57. The smallest absolute Gasteiger partial charge is 0.307 e. The Hall–Kier alpha value is -2.51. The number of benzene rings is 2. The molecule has 27 heavy (non-hydrogen) atoms. The van der Waals surface area contributed by atoms with Crippen molar-refractivity contribution in [1.29, 1.82) is 0 Å². The highest BCUT2D eigenvalue weighted by molar-refractivity contribution is 8.01. The van der Waals surface area contributed by atoms with E-state index < -0.39 is 11.2 Å². The van der Waals surface area contributed by atoms with Gasteiger partial charge in [-0.25, -0.2) is 0 Å². The van der Waals surface area contributed by atoms with Crippen molar-refractivity contribution in [1.82, 2.24) is 0 Å². The number of fused-ring (bicyclic) bond motifs is 1. The predicted octanol–water partition coefficient (Wildman–Crippen LogP) is 3.35.